The van der Waals surface area contributed by atoms with Gasteiger partial charge in [0.2, 0.25) is 0 Å². The average Bonchev–Trinajstić information content (AvgIpc) is 2.50. The lowest BCUT2D eigenvalue weighted by atomic mass is 10.1. The van der Waals surface area contributed by atoms with Crippen LogP contribution in [0.4, 0.5) is 5.69 Å². The van der Waals surface area contributed by atoms with Crippen molar-refractivity contribution in [3.8, 4) is 0 Å². The fraction of sp³-hybridized carbons (Fsp3) is 0.188. The first-order chi connectivity index (χ1) is 10.3. The first-order valence-electron chi connectivity index (χ1n) is 6.62. The molecular formula is C16H17NO4S. The van der Waals surface area contributed by atoms with Crippen LogP contribution in [0.5, 0.6) is 0 Å². The van der Waals surface area contributed by atoms with Crippen molar-refractivity contribution < 1.29 is 17.9 Å². The summed E-state index contributed by atoms with van der Waals surface area (Å²) < 4.78 is 32.1. The number of nitrogens with one attached hydrogen (secondary N) is 1. The minimum absolute atomic E-state index is 0.0105. The third kappa shape index (κ3) is 3.46. The third-order valence-corrected chi connectivity index (χ3v) is 4.57. The van der Waals surface area contributed by atoms with Crippen LogP contribution in [0.1, 0.15) is 21.5 Å². The molecule has 0 fully saturated rings. The molecule has 116 valence electrons. The standard InChI is InChI=1S/C16H17NO4S/c1-11-7-8-12(2)15(9-11)17-22(19,20)14-6-4-5-13(10-14)16(18)21-3/h4-10,17H,1-3H3. The van der Waals surface area contributed by atoms with Crippen LogP contribution in [0.25, 0.3) is 0 Å². The van der Waals surface area contributed by atoms with Gasteiger partial charge in [0.25, 0.3) is 10.0 Å². The molecule has 0 saturated carbocycles. The summed E-state index contributed by atoms with van der Waals surface area (Å²) in [6.07, 6.45) is 0. The summed E-state index contributed by atoms with van der Waals surface area (Å²) in [6, 6.07) is 11.2. The quantitative estimate of drug-likeness (QED) is 0.880. The maximum absolute atomic E-state index is 12.5. The summed E-state index contributed by atoms with van der Waals surface area (Å²) in [5.41, 5.74) is 2.47. The zero-order valence-electron chi connectivity index (χ0n) is 12.6. The highest BCUT2D eigenvalue weighted by molar-refractivity contribution is 7.92. The number of rotatable bonds is 4. The topological polar surface area (TPSA) is 72.5 Å². The number of benzene rings is 2. The van der Waals surface area contributed by atoms with Crippen molar-refractivity contribution >= 4 is 21.7 Å². The smallest absolute Gasteiger partial charge is 0.337 e. The number of anilines is 1. The van der Waals surface area contributed by atoms with Crippen molar-refractivity contribution in [2.75, 3.05) is 11.8 Å². The number of sulfonamides is 1. The summed E-state index contributed by atoms with van der Waals surface area (Å²) in [7, 11) is -2.53. The summed E-state index contributed by atoms with van der Waals surface area (Å²) in [5.74, 6) is -0.580. The summed E-state index contributed by atoms with van der Waals surface area (Å²) >= 11 is 0. The van der Waals surface area contributed by atoms with E-state index in [1.807, 2.05) is 26.0 Å². The molecule has 2 aromatic carbocycles. The van der Waals surface area contributed by atoms with Crippen molar-refractivity contribution in [3.05, 3.63) is 59.2 Å². The predicted octanol–water partition coefficient (Wildman–Crippen LogP) is 2.89. The average molecular weight is 319 g/mol. The van der Waals surface area contributed by atoms with E-state index in [4.69, 9.17) is 0 Å². The van der Waals surface area contributed by atoms with E-state index in [1.54, 1.807) is 6.07 Å². The molecule has 0 aromatic heterocycles. The van der Waals surface area contributed by atoms with Crippen LogP contribution in [0.3, 0.4) is 0 Å². The molecular weight excluding hydrogens is 302 g/mol. The fourth-order valence-electron chi connectivity index (χ4n) is 1.96. The Morgan fingerprint density at radius 2 is 1.82 bits per heavy atom. The minimum atomic E-state index is -3.77. The minimum Gasteiger partial charge on any atom is -0.465 e. The molecule has 6 heteroatoms. The van der Waals surface area contributed by atoms with E-state index in [-0.39, 0.29) is 10.5 Å². The molecule has 0 unspecified atom stereocenters. The van der Waals surface area contributed by atoms with Gasteiger partial charge < -0.3 is 4.74 Å². The summed E-state index contributed by atoms with van der Waals surface area (Å²) in [6.45, 7) is 3.71. The Labute approximate surface area is 130 Å². The van der Waals surface area contributed by atoms with Crippen molar-refractivity contribution in [1.82, 2.24) is 0 Å². The number of carbonyl (C=O) groups excluding carboxylic acids is 1. The van der Waals surface area contributed by atoms with Crippen LogP contribution >= 0.6 is 0 Å². The lowest BCUT2D eigenvalue weighted by Gasteiger charge is -2.12. The van der Waals surface area contributed by atoms with Gasteiger partial charge in [-0.1, -0.05) is 18.2 Å². The van der Waals surface area contributed by atoms with Gasteiger partial charge in [0.1, 0.15) is 0 Å². The van der Waals surface area contributed by atoms with E-state index in [1.165, 1.54) is 31.4 Å². The van der Waals surface area contributed by atoms with Crippen LogP contribution in [-0.2, 0) is 14.8 Å². The number of carbonyl (C=O) groups is 1. The Bertz CT molecular complexity index is 813. The molecule has 5 nitrogen and oxygen atoms in total. The Morgan fingerprint density at radius 1 is 1.09 bits per heavy atom. The molecule has 0 bridgehead atoms. The van der Waals surface area contributed by atoms with Crippen LogP contribution < -0.4 is 4.72 Å². The Balaban J connectivity index is 2.38. The highest BCUT2D eigenvalue weighted by Gasteiger charge is 2.17. The zero-order chi connectivity index (χ0) is 16.3. The Morgan fingerprint density at radius 3 is 2.50 bits per heavy atom. The Kier molecular flexibility index (Phi) is 4.51. The molecule has 0 aliphatic rings. The van der Waals surface area contributed by atoms with Gasteiger partial charge in [-0.05, 0) is 49.2 Å². The Hall–Kier alpha value is -2.34. The molecule has 1 N–H and O–H groups in total. The molecule has 2 aromatic rings. The first kappa shape index (κ1) is 16.0. The second-order valence-corrected chi connectivity index (χ2v) is 6.63. The van der Waals surface area contributed by atoms with Gasteiger partial charge in [0, 0.05) is 0 Å². The van der Waals surface area contributed by atoms with E-state index in [2.05, 4.69) is 9.46 Å². The molecule has 0 atom stereocenters. The number of aryl methyl sites for hydroxylation is 2. The molecule has 0 amide bonds. The van der Waals surface area contributed by atoms with E-state index in [0.29, 0.717) is 5.69 Å². The number of methoxy groups -OCH3 is 1. The van der Waals surface area contributed by atoms with Crippen molar-refractivity contribution in [3.63, 3.8) is 0 Å². The molecule has 0 aliphatic heterocycles. The summed E-state index contributed by atoms with van der Waals surface area (Å²) in [4.78, 5) is 11.5. The van der Waals surface area contributed by atoms with E-state index in [9.17, 15) is 13.2 Å². The van der Waals surface area contributed by atoms with Crippen molar-refractivity contribution in [1.29, 1.82) is 0 Å². The molecule has 2 rings (SSSR count). The van der Waals surface area contributed by atoms with E-state index >= 15 is 0 Å². The van der Waals surface area contributed by atoms with Gasteiger partial charge in [-0.3, -0.25) is 4.72 Å². The highest BCUT2D eigenvalue weighted by Crippen LogP contribution is 2.21. The maximum Gasteiger partial charge on any atom is 0.337 e. The highest BCUT2D eigenvalue weighted by atomic mass is 32.2. The monoisotopic (exact) mass is 319 g/mol. The van der Waals surface area contributed by atoms with Crippen LogP contribution in [0.2, 0.25) is 0 Å². The molecule has 0 aliphatic carbocycles. The van der Waals surface area contributed by atoms with Crippen molar-refractivity contribution in [2.45, 2.75) is 18.7 Å². The van der Waals surface area contributed by atoms with Gasteiger partial charge in [-0.25, -0.2) is 13.2 Å². The van der Waals surface area contributed by atoms with Gasteiger partial charge >= 0.3 is 5.97 Å². The van der Waals surface area contributed by atoms with Crippen molar-refractivity contribution in [2.24, 2.45) is 0 Å². The number of hydrogen-bond donors (Lipinski definition) is 1. The SMILES string of the molecule is COC(=O)c1cccc(S(=O)(=O)Nc2cc(C)ccc2C)c1. The van der Waals surface area contributed by atoms with Crippen LogP contribution in [-0.4, -0.2) is 21.5 Å². The lowest BCUT2D eigenvalue weighted by molar-refractivity contribution is 0.0600. The fourth-order valence-corrected chi connectivity index (χ4v) is 3.12. The molecule has 0 saturated heterocycles. The predicted molar refractivity (Wildman–Crippen MR) is 84.5 cm³/mol. The normalized spacial score (nSPS) is 11.0. The third-order valence-electron chi connectivity index (χ3n) is 3.20. The molecule has 22 heavy (non-hydrogen) atoms. The zero-order valence-corrected chi connectivity index (χ0v) is 13.4. The second-order valence-electron chi connectivity index (χ2n) is 4.94. The lowest BCUT2D eigenvalue weighted by Crippen LogP contribution is -2.14. The van der Waals surface area contributed by atoms with E-state index < -0.39 is 16.0 Å². The number of esters is 1. The maximum atomic E-state index is 12.5. The van der Waals surface area contributed by atoms with Gasteiger partial charge in [-0.15, -0.1) is 0 Å². The van der Waals surface area contributed by atoms with Gasteiger partial charge in [0.05, 0.1) is 23.3 Å². The van der Waals surface area contributed by atoms with Gasteiger partial charge in [0.15, 0.2) is 0 Å². The summed E-state index contributed by atoms with van der Waals surface area (Å²) in [5, 5.41) is 0. The second kappa shape index (κ2) is 6.19. The largest absolute Gasteiger partial charge is 0.465 e. The number of ether oxygens (including phenoxy) is 1. The first-order valence-corrected chi connectivity index (χ1v) is 8.10. The number of hydrogen-bond acceptors (Lipinski definition) is 4. The van der Waals surface area contributed by atoms with Gasteiger partial charge in [-0.2, -0.15) is 0 Å². The molecule has 0 radical (unpaired) electrons. The van der Waals surface area contributed by atoms with Crippen LogP contribution in [0, 0.1) is 13.8 Å². The molecule has 0 heterocycles. The van der Waals surface area contributed by atoms with Crippen LogP contribution in [0.15, 0.2) is 47.4 Å². The molecule has 0 spiro atoms. The van der Waals surface area contributed by atoms with E-state index in [0.717, 1.165) is 11.1 Å².